The Balaban J connectivity index is 3.09. The molecule has 12 nitrogen and oxygen atoms in total. The second-order valence-electron chi connectivity index (χ2n) is 7.32. The Bertz CT molecular complexity index is 760. The van der Waals surface area contributed by atoms with Crippen LogP contribution in [0.3, 0.4) is 0 Å². The second kappa shape index (κ2) is 14.0. The highest BCUT2D eigenvalue weighted by molar-refractivity contribution is 5.69. The highest BCUT2D eigenvalue weighted by Gasteiger charge is 2.46. The molecule has 6 N–H and O–H groups in total. The van der Waals surface area contributed by atoms with Crippen LogP contribution in [-0.4, -0.2) is 80.5 Å². The van der Waals surface area contributed by atoms with Gasteiger partial charge in [0.2, 0.25) is 0 Å². The molecule has 2 unspecified atom stereocenters. The van der Waals surface area contributed by atoms with E-state index in [9.17, 15) is 29.4 Å². The Morgan fingerprint density at radius 1 is 0.848 bits per heavy atom. The number of carboxylic acid groups (broad SMARTS) is 3. The molecule has 0 spiro atoms. The Morgan fingerprint density at radius 2 is 1.36 bits per heavy atom. The van der Waals surface area contributed by atoms with Gasteiger partial charge in [-0.3, -0.25) is 14.4 Å². The molecule has 0 saturated carbocycles. The number of rotatable bonds is 16. The molecular weight excluding hydrogens is 442 g/mol. The molecule has 0 bridgehead atoms. The van der Waals surface area contributed by atoms with Gasteiger partial charge in [-0.05, 0) is 18.4 Å². The van der Waals surface area contributed by atoms with Crippen molar-refractivity contribution >= 4 is 24.0 Å². The standard InChI is InChI=1S/C21H29NO11/c23-15(6-8-17(25)26)21(13-32-11-10-19(29)30,16(24)7-9-18(27)28)22-20(31)33-12-14-4-2-1-3-5-14/h1-5,15-16,23-24H,6-13H2,(H,22,31)(H,25,26)(H,27,28)(H,29,30). The molecule has 184 valence electrons. The minimum absolute atomic E-state index is 0.154. The summed E-state index contributed by atoms with van der Waals surface area (Å²) in [4.78, 5) is 45.2. The van der Waals surface area contributed by atoms with Gasteiger partial charge in [0.05, 0.1) is 31.8 Å². The third kappa shape index (κ3) is 10.3. The topological polar surface area (TPSA) is 200 Å². The number of nitrogens with one attached hydrogen (secondary N) is 1. The lowest BCUT2D eigenvalue weighted by Crippen LogP contribution is -2.66. The zero-order valence-electron chi connectivity index (χ0n) is 17.9. The maximum absolute atomic E-state index is 12.5. The molecule has 1 rings (SSSR count). The van der Waals surface area contributed by atoms with E-state index in [1.807, 2.05) is 0 Å². The predicted molar refractivity (Wildman–Crippen MR) is 111 cm³/mol. The van der Waals surface area contributed by atoms with Gasteiger partial charge in [-0.15, -0.1) is 0 Å². The molecule has 0 saturated heterocycles. The normalized spacial score (nSPS) is 14.5. The van der Waals surface area contributed by atoms with Crippen molar-refractivity contribution in [1.82, 2.24) is 5.32 Å². The molecule has 0 aliphatic rings. The first kappa shape index (κ1) is 27.8. The first-order valence-corrected chi connectivity index (χ1v) is 10.1. The van der Waals surface area contributed by atoms with Crippen molar-refractivity contribution in [3.63, 3.8) is 0 Å². The molecule has 12 heteroatoms. The van der Waals surface area contributed by atoms with Crippen LogP contribution >= 0.6 is 0 Å². The number of hydrogen-bond acceptors (Lipinski definition) is 8. The van der Waals surface area contributed by atoms with E-state index in [0.29, 0.717) is 5.56 Å². The van der Waals surface area contributed by atoms with Gasteiger partial charge >= 0.3 is 24.0 Å². The molecule has 0 aromatic heterocycles. The number of aliphatic hydroxyl groups excluding tert-OH is 2. The van der Waals surface area contributed by atoms with Gasteiger partial charge in [0.1, 0.15) is 12.1 Å². The summed E-state index contributed by atoms with van der Waals surface area (Å²) in [5, 5.41) is 50.5. The smallest absolute Gasteiger partial charge is 0.408 e. The summed E-state index contributed by atoms with van der Waals surface area (Å²) in [6.45, 7) is -1.11. The summed E-state index contributed by atoms with van der Waals surface area (Å²) in [5.74, 6) is -3.67. The molecule has 0 radical (unpaired) electrons. The summed E-state index contributed by atoms with van der Waals surface area (Å²) >= 11 is 0. The van der Waals surface area contributed by atoms with Crippen LogP contribution in [0, 0.1) is 0 Å². The van der Waals surface area contributed by atoms with E-state index >= 15 is 0 Å². The third-order valence-electron chi connectivity index (χ3n) is 4.80. The fraction of sp³-hybridized carbons (Fsp3) is 0.524. The van der Waals surface area contributed by atoms with E-state index < -0.39 is 80.5 Å². The average Bonchev–Trinajstić information content (AvgIpc) is 2.76. The van der Waals surface area contributed by atoms with Gasteiger partial charge in [-0.1, -0.05) is 30.3 Å². The van der Waals surface area contributed by atoms with Crippen LogP contribution in [0.4, 0.5) is 4.79 Å². The molecule has 0 aliphatic heterocycles. The number of aliphatic hydroxyl groups is 2. The van der Waals surface area contributed by atoms with E-state index in [2.05, 4.69) is 5.32 Å². The molecule has 1 aromatic rings. The highest BCUT2D eigenvalue weighted by Crippen LogP contribution is 2.25. The summed E-state index contributed by atoms with van der Waals surface area (Å²) < 4.78 is 10.4. The van der Waals surface area contributed by atoms with Crippen LogP contribution in [0.1, 0.15) is 37.7 Å². The molecule has 0 heterocycles. The van der Waals surface area contributed by atoms with Gasteiger partial charge in [0, 0.05) is 12.8 Å². The lowest BCUT2D eigenvalue weighted by Gasteiger charge is -2.41. The Kier molecular flexibility index (Phi) is 11.8. The summed E-state index contributed by atoms with van der Waals surface area (Å²) in [7, 11) is 0. The summed E-state index contributed by atoms with van der Waals surface area (Å²) in [6, 6.07) is 8.60. The van der Waals surface area contributed by atoms with Crippen LogP contribution in [0.2, 0.25) is 0 Å². The number of alkyl carbamates (subject to hydrolysis) is 1. The van der Waals surface area contributed by atoms with E-state index in [-0.39, 0.29) is 13.2 Å². The van der Waals surface area contributed by atoms with E-state index in [1.54, 1.807) is 30.3 Å². The minimum atomic E-state index is -2.06. The lowest BCUT2D eigenvalue weighted by molar-refractivity contribution is -0.142. The number of carboxylic acids is 3. The van der Waals surface area contributed by atoms with Crippen LogP contribution in [0.5, 0.6) is 0 Å². The quantitative estimate of drug-likeness (QED) is 0.184. The number of carbonyl (C=O) groups is 4. The van der Waals surface area contributed by atoms with Gasteiger partial charge in [-0.25, -0.2) is 4.79 Å². The Hall–Kier alpha value is -3.22. The van der Waals surface area contributed by atoms with Crippen LogP contribution < -0.4 is 5.32 Å². The lowest BCUT2D eigenvalue weighted by atomic mass is 9.82. The second-order valence-corrected chi connectivity index (χ2v) is 7.32. The van der Waals surface area contributed by atoms with Crippen molar-refractivity contribution in [3.05, 3.63) is 35.9 Å². The van der Waals surface area contributed by atoms with E-state index in [1.165, 1.54) is 0 Å². The third-order valence-corrected chi connectivity index (χ3v) is 4.80. The summed E-state index contributed by atoms with van der Waals surface area (Å²) in [6.07, 6.45) is -6.75. The van der Waals surface area contributed by atoms with Crippen LogP contribution in [0.25, 0.3) is 0 Å². The van der Waals surface area contributed by atoms with Gasteiger partial charge in [0.15, 0.2) is 0 Å². The average molecular weight is 471 g/mol. The number of carbonyl (C=O) groups excluding carboxylic acids is 1. The molecule has 1 amide bonds. The molecule has 0 fully saturated rings. The van der Waals surface area contributed by atoms with Gasteiger partial charge in [0.25, 0.3) is 0 Å². The fourth-order valence-corrected chi connectivity index (χ4v) is 3.00. The monoisotopic (exact) mass is 471 g/mol. The zero-order chi connectivity index (χ0) is 24.9. The molecule has 33 heavy (non-hydrogen) atoms. The van der Waals surface area contributed by atoms with E-state index in [4.69, 9.17) is 24.8 Å². The largest absolute Gasteiger partial charge is 0.481 e. The Labute approximate surface area is 189 Å². The maximum Gasteiger partial charge on any atom is 0.408 e. The molecule has 2 atom stereocenters. The Morgan fingerprint density at radius 3 is 1.85 bits per heavy atom. The van der Waals surface area contributed by atoms with Crippen molar-refractivity contribution in [1.29, 1.82) is 0 Å². The zero-order valence-corrected chi connectivity index (χ0v) is 17.9. The first-order valence-electron chi connectivity index (χ1n) is 10.1. The van der Waals surface area contributed by atoms with Crippen LogP contribution in [-0.2, 0) is 30.5 Å². The molecular formula is C21H29NO11. The number of benzene rings is 1. The summed E-state index contributed by atoms with van der Waals surface area (Å²) in [5.41, 5.74) is -1.41. The van der Waals surface area contributed by atoms with Crippen molar-refractivity contribution in [2.75, 3.05) is 13.2 Å². The van der Waals surface area contributed by atoms with Crippen molar-refractivity contribution in [2.24, 2.45) is 0 Å². The number of aliphatic carboxylic acids is 3. The highest BCUT2D eigenvalue weighted by atomic mass is 16.6. The van der Waals surface area contributed by atoms with Crippen molar-refractivity contribution in [2.45, 2.75) is 56.5 Å². The number of amides is 1. The minimum Gasteiger partial charge on any atom is -0.481 e. The van der Waals surface area contributed by atoms with Gasteiger partial charge < -0.3 is 40.3 Å². The fourth-order valence-electron chi connectivity index (χ4n) is 3.00. The van der Waals surface area contributed by atoms with E-state index in [0.717, 1.165) is 0 Å². The van der Waals surface area contributed by atoms with Crippen molar-refractivity contribution < 1.29 is 54.2 Å². The van der Waals surface area contributed by atoms with Crippen molar-refractivity contribution in [3.8, 4) is 0 Å². The number of ether oxygens (including phenoxy) is 2. The van der Waals surface area contributed by atoms with Crippen LogP contribution in [0.15, 0.2) is 30.3 Å². The molecule has 0 aliphatic carbocycles. The molecule has 1 aromatic carbocycles. The number of hydrogen-bond donors (Lipinski definition) is 6. The SMILES string of the molecule is O=C(O)CCOCC(NC(=O)OCc1ccccc1)(C(O)CCC(=O)O)C(O)CCC(=O)O. The predicted octanol–water partition coefficient (Wildman–Crippen LogP) is 0.594. The maximum atomic E-state index is 12.5. The first-order chi connectivity index (χ1) is 15.6. The van der Waals surface area contributed by atoms with Gasteiger partial charge in [-0.2, -0.15) is 0 Å².